The molecular weight excluding hydrogens is 176 g/mol. The van der Waals surface area contributed by atoms with Gasteiger partial charge in [0.15, 0.2) is 0 Å². The summed E-state index contributed by atoms with van der Waals surface area (Å²) in [5, 5.41) is 12.1. The highest BCUT2D eigenvalue weighted by Gasteiger charge is 2.19. The maximum Gasteiger partial charge on any atom is 0.0372 e. The molecule has 0 heterocycles. The highest BCUT2D eigenvalue weighted by Crippen LogP contribution is 2.27. The Bertz CT molecular complexity index is 325. The molecule has 0 saturated carbocycles. The number of hydrogen-bond acceptors (Lipinski definition) is 3. The van der Waals surface area contributed by atoms with Crippen LogP contribution in [0.15, 0.2) is 18.2 Å². The van der Waals surface area contributed by atoms with E-state index in [1.807, 2.05) is 7.05 Å². The normalized spacial score (nSPS) is 20.3. The molecule has 1 unspecified atom stereocenters. The van der Waals surface area contributed by atoms with Gasteiger partial charge in [-0.15, -0.1) is 0 Å². The fourth-order valence-electron chi connectivity index (χ4n) is 2.15. The zero-order valence-corrected chi connectivity index (χ0v) is 8.38. The van der Waals surface area contributed by atoms with Crippen LogP contribution in [-0.2, 0) is 12.8 Å². The number of anilines is 1. The summed E-state index contributed by atoms with van der Waals surface area (Å²) in [5.74, 6) is 0. The van der Waals surface area contributed by atoms with Crippen LogP contribution in [0.5, 0.6) is 0 Å². The third-order valence-electron chi connectivity index (χ3n) is 2.93. The van der Waals surface area contributed by atoms with Crippen LogP contribution in [0.1, 0.15) is 17.5 Å². The monoisotopic (exact) mass is 192 g/mol. The largest absolute Gasteiger partial charge is 0.388 e. The van der Waals surface area contributed by atoms with Gasteiger partial charge < -0.3 is 10.5 Å². The lowest BCUT2D eigenvalue weighted by atomic mass is 9.87. The molecule has 1 aromatic rings. The Morgan fingerprint density at radius 3 is 3.00 bits per heavy atom. The summed E-state index contributed by atoms with van der Waals surface area (Å²) in [5.41, 5.74) is 6.33. The Balaban J connectivity index is 2.30. The third kappa shape index (κ3) is 1.61. The summed E-state index contributed by atoms with van der Waals surface area (Å²) >= 11 is 0. The van der Waals surface area contributed by atoms with E-state index in [2.05, 4.69) is 29.0 Å². The lowest BCUT2D eigenvalue weighted by Gasteiger charge is -2.25. The number of fused-ring (bicyclic) bond motifs is 1. The zero-order valence-electron chi connectivity index (χ0n) is 8.38. The van der Waals surface area contributed by atoms with E-state index in [0.29, 0.717) is 0 Å². The van der Waals surface area contributed by atoms with E-state index in [1.165, 1.54) is 16.8 Å². The van der Waals surface area contributed by atoms with Gasteiger partial charge in [-0.25, -0.2) is 5.48 Å². The molecule has 3 heteroatoms. The minimum atomic E-state index is 0.217. The van der Waals surface area contributed by atoms with Crippen LogP contribution >= 0.6 is 0 Å². The molecule has 0 radical (unpaired) electrons. The molecule has 0 aromatic heterocycles. The summed E-state index contributed by atoms with van der Waals surface area (Å²) in [7, 11) is 1.95. The molecular formula is C11H16N2O. The molecule has 2 rings (SSSR count). The first-order chi connectivity index (χ1) is 6.85. The Labute approximate surface area is 84.1 Å². The second kappa shape index (κ2) is 3.98. The Morgan fingerprint density at radius 1 is 1.43 bits per heavy atom. The molecule has 0 fully saturated rings. The van der Waals surface area contributed by atoms with Crippen LogP contribution in [0.2, 0.25) is 0 Å². The maximum absolute atomic E-state index is 8.88. The van der Waals surface area contributed by atoms with Gasteiger partial charge in [-0.2, -0.15) is 0 Å². The second-order valence-electron chi connectivity index (χ2n) is 3.76. The van der Waals surface area contributed by atoms with Gasteiger partial charge in [0, 0.05) is 18.8 Å². The number of rotatable bonds is 2. The van der Waals surface area contributed by atoms with Gasteiger partial charge in [0.1, 0.15) is 0 Å². The van der Waals surface area contributed by atoms with Crippen LogP contribution in [0.4, 0.5) is 5.69 Å². The van der Waals surface area contributed by atoms with E-state index in [-0.39, 0.29) is 6.04 Å². The number of nitrogens with one attached hydrogen (secondary N) is 2. The first kappa shape index (κ1) is 9.49. The van der Waals surface area contributed by atoms with Crippen molar-refractivity contribution in [3.05, 3.63) is 29.3 Å². The molecule has 0 bridgehead atoms. The van der Waals surface area contributed by atoms with Gasteiger partial charge in [0.2, 0.25) is 0 Å². The second-order valence-corrected chi connectivity index (χ2v) is 3.76. The van der Waals surface area contributed by atoms with E-state index in [1.54, 1.807) is 0 Å². The lowest BCUT2D eigenvalue weighted by molar-refractivity contribution is 0.119. The topological polar surface area (TPSA) is 44.3 Å². The fraction of sp³-hybridized carbons (Fsp3) is 0.455. The quantitative estimate of drug-likeness (QED) is 0.623. The van der Waals surface area contributed by atoms with Gasteiger partial charge in [0.05, 0.1) is 0 Å². The summed E-state index contributed by atoms with van der Waals surface area (Å²) in [6.07, 6.45) is 2.95. The van der Waals surface area contributed by atoms with Crippen LogP contribution in [0, 0.1) is 0 Å². The van der Waals surface area contributed by atoms with E-state index >= 15 is 0 Å². The maximum atomic E-state index is 8.88. The minimum Gasteiger partial charge on any atom is -0.388 e. The van der Waals surface area contributed by atoms with Crippen molar-refractivity contribution in [3.8, 4) is 0 Å². The molecule has 14 heavy (non-hydrogen) atoms. The molecule has 0 saturated heterocycles. The Morgan fingerprint density at radius 2 is 2.29 bits per heavy atom. The Hall–Kier alpha value is -1.06. The van der Waals surface area contributed by atoms with Gasteiger partial charge >= 0.3 is 0 Å². The van der Waals surface area contributed by atoms with Crippen molar-refractivity contribution in [2.45, 2.75) is 25.3 Å². The highest BCUT2D eigenvalue weighted by atomic mass is 16.5. The van der Waals surface area contributed by atoms with E-state index in [4.69, 9.17) is 5.21 Å². The van der Waals surface area contributed by atoms with Crippen molar-refractivity contribution in [2.24, 2.45) is 0 Å². The van der Waals surface area contributed by atoms with Crippen LogP contribution in [0.25, 0.3) is 0 Å². The average molecular weight is 192 g/mol. The first-order valence-corrected chi connectivity index (χ1v) is 5.03. The Kier molecular flexibility index (Phi) is 2.70. The van der Waals surface area contributed by atoms with Gasteiger partial charge in [-0.1, -0.05) is 12.1 Å². The molecule has 3 nitrogen and oxygen atoms in total. The lowest BCUT2D eigenvalue weighted by Crippen LogP contribution is -2.32. The summed E-state index contributed by atoms with van der Waals surface area (Å²) < 4.78 is 0. The van der Waals surface area contributed by atoms with Crippen molar-refractivity contribution in [2.75, 3.05) is 12.4 Å². The average Bonchev–Trinajstić information content (AvgIpc) is 2.27. The van der Waals surface area contributed by atoms with E-state index in [9.17, 15) is 0 Å². The number of hydroxylamine groups is 1. The minimum absolute atomic E-state index is 0.217. The number of benzene rings is 1. The van der Waals surface area contributed by atoms with Crippen molar-refractivity contribution in [1.29, 1.82) is 0 Å². The fourth-order valence-corrected chi connectivity index (χ4v) is 2.15. The van der Waals surface area contributed by atoms with Crippen LogP contribution in [0.3, 0.4) is 0 Å². The van der Waals surface area contributed by atoms with Crippen molar-refractivity contribution >= 4 is 5.69 Å². The van der Waals surface area contributed by atoms with E-state index < -0.39 is 0 Å². The smallest absolute Gasteiger partial charge is 0.0372 e. The molecule has 1 aromatic carbocycles. The summed E-state index contributed by atoms with van der Waals surface area (Å²) in [6, 6.07) is 6.52. The highest BCUT2D eigenvalue weighted by molar-refractivity contribution is 5.55. The predicted octanol–water partition coefficient (Wildman–Crippen LogP) is 1.56. The SMILES string of the molecule is CNc1cccc2c1CCC(NO)C2. The van der Waals surface area contributed by atoms with Gasteiger partial charge in [-0.3, -0.25) is 0 Å². The molecule has 1 aliphatic carbocycles. The standard InChI is InChI=1S/C11H16N2O/c1-12-11-4-2-3-8-7-9(13-14)5-6-10(8)11/h2-4,9,12-14H,5-7H2,1H3. The van der Waals surface area contributed by atoms with Crippen molar-refractivity contribution < 1.29 is 5.21 Å². The van der Waals surface area contributed by atoms with E-state index in [0.717, 1.165) is 19.3 Å². The van der Waals surface area contributed by atoms with Crippen LogP contribution < -0.4 is 10.8 Å². The van der Waals surface area contributed by atoms with Gasteiger partial charge in [-0.05, 0) is 36.5 Å². The third-order valence-corrected chi connectivity index (χ3v) is 2.93. The van der Waals surface area contributed by atoms with Crippen LogP contribution in [-0.4, -0.2) is 18.3 Å². The molecule has 0 amide bonds. The molecule has 1 atom stereocenters. The predicted molar refractivity (Wildman–Crippen MR) is 56.7 cm³/mol. The van der Waals surface area contributed by atoms with Crippen molar-refractivity contribution in [1.82, 2.24) is 5.48 Å². The molecule has 0 aliphatic heterocycles. The summed E-state index contributed by atoms with van der Waals surface area (Å²) in [6.45, 7) is 0. The first-order valence-electron chi connectivity index (χ1n) is 5.03. The van der Waals surface area contributed by atoms with Crippen molar-refractivity contribution in [3.63, 3.8) is 0 Å². The summed E-state index contributed by atoms with van der Waals surface area (Å²) in [4.78, 5) is 0. The molecule has 76 valence electrons. The molecule has 3 N–H and O–H groups in total. The molecule has 0 spiro atoms. The molecule has 1 aliphatic rings. The van der Waals surface area contributed by atoms with Gasteiger partial charge in [0.25, 0.3) is 0 Å². The number of hydrogen-bond donors (Lipinski definition) is 3. The zero-order chi connectivity index (χ0) is 9.97.